The summed E-state index contributed by atoms with van der Waals surface area (Å²) in [6.07, 6.45) is 4.11. The molecule has 0 aliphatic carbocycles. The molecule has 0 saturated heterocycles. The number of aliphatic imine (C=N–C) groups is 1. The smallest absolute Gasteiger partial charge is 0.256 e. The van der Waals surface area contributed by atoms with Crippen LogP contribution in [0.3, 0.4) is 0 Å². The predicted octanol–water partition coefficient (Wildman–Crippen LogP) is 4.12. The van der Waals surface area contributed by atoms with Gasteiger partial charge in [0.2, 0.25) is 0 Å². The van der Waals surface area contributed by atoms with Gasteiger partial charge in [-0.15, -0.1) is 9.24 Å². The van der Waals surface area contributed by atoms with Gasteiger partial charge in [0.15, 0.2) is 5.76 Å². The molecule has 1 amide bonds. The third kappa shape index (κ3) is 11.4. The molecule has 1 atom stereocenters. The number of hydrogen-bond acceptors (Lipinski definition) is 5. The number of nitrogen functional groups attached to an aromatic ring is 1. The molecule has 1 unspecified atom stereocenters. The van der Waals surface area contributed by atoms with Gasteiger partial charge in [-0.2, -0.15) is 0 Å². The number of carbonyl (C=O) groups is 1. The Kier molecular flexibility index (Phi) is 14.1. The number of nitrogens with zero attached hydrogens (tertiary/aromatic N) is 1. The SMILES string of the molecule is C/C=C/C(=N)/C(O)=C(\C(N)=O)C(N)=Nc1ccc(N)cc1P.CC.CCC(C)(C)C. The lowest BCUT2D eigenvalue weighted by Gasteiger charge is -2.12. The van der Waals surface area contributed by atoms with Gasteiger partial charge < -0.3 is 22.3 Å². The van der Waals surface area contributed by atoms with Crippen LogP contribution in [0.15, 0.2) is 46.7 Å². The van der Waals surface area contributed by atoms with E-state index < -0.39 is 17.2 Å². The number of allylic oxidation sites excluding steroid dienone is 2. The van der Waals surface area contributed by atoms with E-state index in [0.29, 0.717) is 22.1 Å². The van der Waals surface area contributed by atoms with Crippen molar-refractivity contribution < 1.29 is 9.90 Å². The molecule has 0 bridgehead atoms. The number of anilines is 1. The highest BCUT2D eigenvalue weighted by atomic mass is 31.0. The maximum absolute atomic E-state index is 11.5. The van der Waals surface area contributed by atoms with E-state index in [-0.39, 0.29) is 11.5 Å². The van der Waals surface area contributed by atoms with E-state index in [1.165, 1.54) is 18.6 Å². The number of primary amides is 1. The second-order valence-electron chi connectivity index (χ2n) is 7.23. The topological polar surface area (TPSA) is 152 Å². The van der Waals surface area contributed by atoms with E-state index in [9.17, 15) is 9.90 Å². The maximum atomic E-state index is 11.5. The summed E-state index contributed by atoms with van der Waals surface area (Å²) < 4.78 is 0. The van der Waals surface area contributed by atoms with Gasteiger partial charge in [0.25, 0.3) is 5.91 Å². The number of amides is 1. The van der Waals surface area contributed by atoms with Crippen LogP contribution in [0.4, 0.5) is 11.4 Å². The number of benzene rings is 1. The van der Waals surface area contributed by atoms with Crippen molar-refractivity contribution in [3.05, 3.63) is 41.7 Å². The summed E-state index contributed by atoms with van der Waals surface area (Å²) in [5, 5.41) is 18.2. The summed E-state index contributed by atoms with van der Waals surface area (Å²) in [5.74, 6) is -1.89. The number of nitrogens with two attached hydrogens (primary N) is 3. The van der Waals surface area contributed by atoms with Crippen LogP contribution in [0.25, 0.3) is 0 Å². The quantitative estimate of drug-likeness (QED) is 0.118. The monoisotopic (exact) mass is 435 g/mol. The fourth-order valence-electron chi connectivity index (χ4n) is 1.60. The Labute approximate surface area is 183 Å². The van der Waals surface area contributed by atoms with E-state index >= 15 is 0 Å². The van der Waals surface area contributed by atoms with Crippen molar-refractivity contribution in [1.82, 2.24) is 0 Å². The van der Waals surface area contributed by atoms with Crippen molar-refractivity contribution in [2.24, 2.45) is 21.9 Å². The van der Waals surface area contributed by atoms with Crippen LogP contribution >= 0.6 is 9.24 Å². The molecule has 0 aliphatic heterocycles. The predicted molar refractivity (Wildman–Crippen MR) is 134 cm³/mol. The van der Waals surface area contributed by atoms with Crippen LogP contribution in [-0.2, 0) is 4.79 Å². The van der Waals surface area contributed by atoms with E-state index in [1.54, 1.807) is 25.1 Å². The van der Waals surface area contributed by atoms with Crippen molar-refractivity contribution in [2.45, 2.75) is 54.9 Å². The van der Waals surface area contributed by atoms with Crippen molar-refractivity contribution in [3.63, 3.8) is 0 Å². The minimum atomic E-state index is -0.978. The van der Waals surface area contributed by atoms with Crippen LogP contribution in [0.1, 0.15) is 54.9 Å². The van der Waals surface area contributed by atoms with Gasteiger partial charge in [-0.05, 0) is 41.9 Å². The van der Waals surface area contributed by atoms with Crippen molar-refractivity contribution in [1.29, 1.82) is 5.41 Å². The highest BCUT2D eigenvalue weighted by Crippen LogP contribution is 2.17. The lowest BCUT2D eigenvalue weighted by molar-refractivity contribution is -0.114. The summed E-state index contributed by atoms with van der Waals surface area (Å²) >= 11 is 0. The Morgan fingerprint density at radius 2 is 1.77 bits per heavy atom. The summed E-state index contributed by atoms with van der Waals surface area (Å²) in [6, 6.07) is 4.89. The van der Waals surface area contributed by atoms with Gasteiger partial charge in [0, 0.05) is 5.69 Å². The molecule has 1 aromatic rings. The summed E-state index contributed by atoms with van der Waals surface area (Å²) in [4.78, 5) is 15.6. The van der Waals surface area contributed by atoms with Crippen LogP contribution < -0.4 is 22.5 Å². The van der Waals surface area contributed by atoms with Crippen molar-refractivity contribution in [2.75, 3.05) is 5.73 Å². The van der Waals surface area contributed by atoms with Crippen molar-refractivity contribution >= 4 is 43.4 Å². The molecule has 0 radical (unpaired) electrons. The standard InChI is InChI=1S/C14H18N5O2P.C6H14.C2H6/c1-2-3-8(16)12(20)11(14(18)21)13(17)19-9-5-4-7(15)6-10(9)22;1-5-6(2,3)4;1-2/h2-6,16,20H,15,22H2,1H3,(H2,17,19)(H2,18,21);5H2,1-4H3;1-2H3/b3-2+,12-11+,16-8?;;. The largest absolute Gasteiger partial charge is 0.505 e. The van der Waals surface area contributed by atoms with Gasteiger partial charge in [0.1, 0.15) is 11.4 Å². The molecule has 168 valence electrons. The number of amidine groups is 1. The van der Waals surface area contributed by atoms with Crippen molar-refractivity contribution in [3.8, 4) is 0 Å². The third-order valence-corrected chi connectivity index (χ3v) is 4.14. The average molecular weight is 436 g/mol. The Morgan fingerprint density at radius 3 is 2.13 bits per heavy atom. The van der Waals surface area contributed by atoms with Gasteiger partial charge in [-0.25, -0.2) is 4.99 Å². The first-order valence-corrected chi connectivity index (χ1v) is 10.4. The summed E-state index contributed by atoms with van der Waals surface area (Å²) in [7, 11) is 2.44. The summed E-state index contributed by atoms with van der Waals surface area (Å²) in [5.41, 5.74) is 17.5. The molecule has 7 nitrogen and oxygen atoms in total. The maximum Gasteiger partial charge on any atom is 0.256 e. The van der Waals surface area contributed by atoms with Gasteiger partial charge >= 0.3 is 0 Å². The Morgan fingerprint density at radius 1 is 1.27 bits per heavy atom. The molecule has 1 aromatic carbocycles. The second-order valence-corrected chi connectivity index (χ2v) is 7.85. The van der Waals surface area contributed by atoms with Gasteiger partial charge in [0.05, 0.1) is 11.4 Å². The summed E-state index contributed by atoms with van der Waals surface area (Å²) in [6.45, 7) is 14.6. The van der Waals surface area contributed by atoms with E-state index in [1.807, 2.05) is 13.8 Å². The molecule has 8 heteroatoms. The fraction of sp³-hybridized carbons (Fsp3) is 0.409. The zero-order chi connectivity index (χ0) is 24.1. The molecule has 0 aromatic heterocycles. The van der Waals surface area contributed by atoms with Crippen LogP contribution in [-0.4, -0.2) is 22.6 Å². The lowest BCUT2D eigenvalue weighted by Crippen LogP contribution is -2.29. The number of nitrogens with one attached hydrogen (secondary N) is 1. The fourth-order valence-corrected chi connectivity index (χ4v) is 1.96. The second kappa shape index (κ2) is 14.3. The molecule has 0 aliphatic rings. The zero-order valence-corrected chi connectivity index (χ0v) is 20.4. The van der Waals surface area contributed by atoms with Crippen LogP contribution in [0.5, 0.6) is 0 Å². The molecule has 0 spiro atoms. The van der Waals surface area contributed by atoms with E-state index in [4.69, 9.17) is 22.6 Å². The number of carbonyl (C=O) groups excluding carboxylic acids is 1. The minimum absolute atomic E-state index is 0.285. The van der Waals surface area contributed by atoms with Crippen LogP contribution in [0.2, 0.25) is 0 Å². The van der Waals surface area contributed by atoms with E-state index in [2.05, 4.69) is 41.9 Å². The first kappa shape index (κ1) is 29.5. The highest BCUT2D eigenvalue weighted by Gasteiger charge is 2.19. The van der Waals surface area contributed by atoms with E-state index in [0.717, 1.165) is 0 Å². The Bertz CT molecular complexity index is 806. The molecular weight excluding hydrogens is 397 g/mol. The minimum Gasteiger partial charge on any atom is -0.505 e. The number of aliphatic hydroxyl groups is 1. The zero-order valence-electron chi connectivity index (χ0n) is 19.2. The van der Waals surface area contributed by atoms with Crippen LogP contribution in [0, 0.1) is 10.8 Å². The lowest BCUT2D eigenvalue weighted by atomic mass is 9.94. The average Bonchev–Trinajstić information content (AvgIpc) is 2.65. The first-order valence-electron chi connectivity index (χ1n) is 9.78. The Hall–Kier alpha value is -2.66. The molecule has 0 heterocycles. The number of aliphatic hydroxyl groups excluding tert-OH is 1. The highest BCUT2D eigenvalue weighted by molar-refractivity contribution is 7.28. The first-order chi connectivity index (χ1) is 13.8. The third-order valence-electron chi connectivity index (χ3n) is 3.68. The van der Waals surface area contributed by atoms with Gasteiger partial charge in [-0.3, -0.25) is 10.2 Å². The Balaban J connectivity index is 0. The molecule has 0 fully saturated rings. The molecule has 30 heavy (non-hydrogen) atoms. The number of rotatable bonds is 5. The molecule has 1 rings (SSSR count). The number of hydrogen-bond donors (Lipinski definition) is 5. The normalized spacial score (nSPS) is 12.2. The van der Waals surface area contributed by atoms with Gasteiger partial charge in [-0.1, -0.05) is 54.0 Å². The molecule has 8 N–H and O–H groups in total. The molecular formula is C22H38N5O2P. The molecule has 0 saturated carbocycles.